The minimum absolute atomic E-state index is 0.0181. The van der Waals surface area contributed by atoms with E-state index in [1.807, 2.05) is 6.92 Å². The summed E-state index contributed by atoms with van der Waals surface area (Å²) in [7, 11) is 0. The number of rotatable bonds is 8. The van der Waals surface area contributed by atoms with Crippen LogP contribution in [0.25, 0.3) is 0 Å². The first kappa shape index (κ1) is 14.3. The summed E-state index contributed by atoms with van der Waals surface area (Å²) in [5.41, 5.74) is 1.64. The zero-order valence-corrected chi connectivity index (χ0v) is 9.40. The van der Waals surface area contributed by atoms with Gasteiger partial charge in [-0.15, -0.1) is 0 Å². The van der Waals surface area contributed by atoms with E-state index >= 15 is 0 Å². The Balaban J connectivity index is 3.63. The molecule has 4 heteroatoms. The van der Waals surface area contributed by atoms with E-state index in [0.29, 0.717) is 6.61 Å². The van der Waals surface area contributed by atoms with Gasteiger partial charge >= 0.3 is 0 Å². The molecule has 0 aliphatic heterocycles. The van der Waals surface area contributed by atoms with Gasteiger partial charge in [0.15, 0.2) is 6.29 Å². The smallest absolute Gasteiger partial charge is 0.183 e. The summed E-state index contributed by atoms with van der Waals surface area (Å²) in [5, 5.41) is 18.7. The molecule has 0 spiro atoms. The molecule has 2 atom stereocenters. The van der Waals surface area contributed by atoms with Crippen LogP contribution in [0.3, 0.4) is 0 Å². The van der Waals surface area contributed by atoms with E-state index in [4.69, 9.17) is 9.47 Å². The minimum atomic E-state index is -1.24. The fourth-order valence-corrected chi connectivity index (χ4v) is 0.775. The third-order valence-electron chi connectivity index (χ3n) is 1.47. The van der Waals surface area contributed by atoms with Crippen LogP contribution in [-0.2, 0) is 9.47 Å². The van der Waals surface area contributed by atoms with Crippen LogP contribution in [0.5, 0.6) is 0 Å². The van der Waals surface area contributed by atoms with Gasteiger partial charge in [-0.2, -0.15) is 0 Å². The molecule has 0 bridgehead atoms. The standard InChI is InChI=1S/C11H20O4/c1-8(2)5-14-7-10(12)11(13)15-6-9(3)4/h10-13H,1,3,5-7H2,2,4H3. The van der Waals surface area contributed by atoms with Crippen LogP contribution >= 0.6 is 0 Å². The first-order valence-electron chi connectivity index (χ1n) is 4.77. The second-order valence-electron chi connectivity index (χ2n) is 3.70. The summed E-state index contributed by atoms with van der Waals surface area (Å²) in [5.74, 6) is 0. The largest absolute Gasteiger partial charge is 0.385 e. The molecular formula is C11H20O4. The van der Waals surface area contributed by atoms with Gasteiger partial charge in [-0.3, -0.25) is 0 Å². The lowest BCUT2D eigenvalue weighted by Gasteiger charge is -2.18. The molecule has 0 amide bonds. The van der Waals surface area contributed by atoms with Crippen LogP contribution in [-0.4, -0.2) is 42.4 Å². The molecule has 0 heterocycles. The number of aliphatic hydroxyl groups is 2. The van der Waals surface area contributed by atoms with Crippen LogP contribution in [0.1, 0.15) is 13.8 Å². The van der Waals surface area contributed by atoms with Gasteiger partial charge in [0, 0.05) is 0 Å². The summed E-state index contributed by atoms with van der Waals surface area (Å²) in [6.45, 7) is 11.5. The maximum Gasteiger partial charge on any atom is 0.183 e. The zero-order valence-electron chi connectivity index (χ0n) is 9.40. The highest BCUT2D eigenvalue weighted by Crippen LogP contribution is 2.00. The molecule has 2 N–H and O–H groups in total. The van der Waals surface area contributed by atoms with Crippen molar-refractivity contribution < 1.29 is 19.7 Å². The molecule has 0 saturated heterocycles. The van der Waals surface area contributed by atoms with Crippen LogP contribution in [0, 0.1) is 0 Å². The molecule has 2 unspecified atom stereocenters. The molecule has 0 aliphatic rings. The highest BCUT2D eigenvalue weighted by molar-refractivity contribution is 4.88. The van der Waals surface area contributed by atoms with Gasteiger partial charge in [-0.25, -0.2) is 0 Å². The molecule has 88 valence electrons. The van der Waals surface area contributed by atoms with E-state index < -0.39 is 12.4 Å². The van der Waals surface area contributed by atoms with Gasteiger partial charge < -0.3 is 19.7 Å². The van der Waals surface area contributed by atoms with Gasteiger partial charge in [0.05, 0.1) is 19.8 Å². The van der Waals surface area contributed by atoms with Crippen molar-refractivity contribution in [1.82, 2.24) is 0 Å². The fourth-order valence-electron chi connectivity index (χ4n) is 0.775. The van der Waals surface area contributed by atoms with E-state index in [1.54, 1.807) is 6.92 Å². The third kappa shape index (κ3) is 8.32. The summed E-state index contributed by atoms with van der Waals surface area (Å²) >= 11 is 0. The Bertz CT molecular complexity index is 213. The lowest BCUT2D eigenvalue weighted by atomic mass is 10.3. The zero-order chi connectivity index (χ0) is 11.8. The van der Waals surface area contributed by atoms with E-state index in [-0.39, 0.29) is 13.2 Å². The molecule has 0 aliphatic carbocycles. The van der Waals surface area contributed by atoms with Crippen LogP contribution < -0.4 is 0 Å². The fraction of sp³-hybridized carbons (Fsp3) is 0.636. The SMILES string of the molecule is C=C(C)COCC(O)C(O)OCC(=C)C. The lowest BCUT2D eigenvalue weighted by Crippen LogP contribution is -2.33. The molecule has 0 aromatic carbocycles. The normalized spacial score (nSPS) is 14.7. The van der Waals surface area contributed by atoms with E-state index in [0.717, 1.165) is 11.1 Å². The Morgan fingerprint density at radius 2 is 1.67 bits per heavy atom. The number of aliphatic hydroxyl groups excluding tert-OH is 2. The molecule has 0 saturated carbocycles. The summed E-state index contributed by atoms with van der Waals surface area (Å²) in [6.07, 6.45) is -2.30. The molecule has 0 aromatic heterocycles. The number of hydrogen-bond donors (Lipinski definition) is 2. The average molecular weight is 216 g/mol. The van der Waals surface area contributed by atoms with E-state index in [1.165, 1.54) is 0 Å². The second-order valence-corrected chi connectivity index (χ2v) is 3.70. The molecule has 0 radical (unpaired) electrons. The van der Waals surface area contributed by atoms with Crippen molar-refractivity contribution in [3.05, 3.63) is 24.3 Å². The van der Waals surface area contributed by atoms with Crippen molar-refractivity contribution >= 4 is 0 Å². The Labute approximate surface area is 90.8 Å². The Kier molecular flexibility index (Phi) is 7.25. The first-order chi connectivity index (χ1) is 6.93. The van der Waals surface area contributed by atoms with Crippen molar-refractivity contribution in [3.8, 4) is 0 Å². The van der Waals surface area contributed by atoms with Crippen molar-refractivity contribution in [1.29, 1.82) is 0 Å². The van der Waals surface area contributed by atoms with Gasteiger partial charge in [0.1, 0.15) is 6.10 Å². The van der Waals surface area contributed by atoms with Gasteiger partial charge in [0.2, 0.25) is 0 Å². The quantitative estimate of drug-likeness (QED) is 0.466. The minimum Gasteiger partial charge on any atom is -0.385 e. The maximum atomic E-state index is 9.38. The van der Waals surface area contributed by atoms with Crippen LogP contribution in [0.15, 0.2) is 24.3 Å². The summed E-state index contributed by atoms with van der Waals surface area (Å²) in [4.78, 5) is 0. The topological polar surface area (TPSA) is 58.9 Å². The number of hydrogen-bond acceptors (Lipinski definition) is 4. The Morgan fingerprint density at radius 3 is 2.13 bits per heavy atom. The highest BCUT2D eigenvalue weighted by atomic mass is 16.6. The predicted molar refractivity (Wildman–Crippen MR) is 58.4 cm³/mol. The Hall–Kier alpha value is -0.680. The van der Waals surface area contributed by atoms with Crippen LogP contribution in [0.2, 0.25) is 0 Å². The molecular weight excluding hydrogens is 196 g/mol. The number of ether oxygens (including phenoxy) is 2. The third-order valence-corrected chi connectivity index (χ3v) is 1.47. The van der Waals surface area contributed by atoms with Crippen molar-refractivity contribution in [2.24, 2.45) is 0 Å². The van der Waals surface area contributed by atoms with Crippen LogP contribution in [0.4, 0.5) is 0 Å². The molecule has 15 heavy (non-hydrogen) atoms. The van der Waals surface area contributed by atoms with E-state index in [9.17, 15) is 10.2 Å². The summed E-state index contributed by atoms with van der Waals surface area (Å²) in [6, 6.07) is 0. The summed E-state index contributed by atoms with van der Waals surface area (Å²) < 4.78 is 10.00. The lowest BCUT2D eigenvalue weighted by molar-refractivity contribution is -0.170. The van der Waals surface area contributed by atoms with Gasteiger partial charge in [-0.1, -0.05) is 24.3 Å². The predicted octanol–water partition coefficient (Wildman–Crippen LogP) is 0.851. The van der Waals surface area contributed by atoms with Crippen molar-refractivity contribution in [3.63, 3.8) is 0 Å². The highest BCUT2D eigenvalue weighted by Gasteiger charge is 2.16. The Morgan fingerprint density at radius 1 is 1.13 bits per heavy atom. The van der Waals surface area contributed by atoms with Crippen molar-refractivity contribution in [2.75, 3.05) is 19.8 Å². The first-order valence-corrected chi connectivity index (χ1v) is 4.77. The monoisotopic (exact) mass is 216 g/mol. The molecule has 0 fully saturated rings. The van der Waals surface area contributed by atoms with Gasteiger partial charge in [0.25, 0.3) is 0 Å². The van der Waals surface area contributed by atoms with Gasteiger partial charge in [-0.05, 0) is 13.8 Å². The molecule has 4 nitrogen and oxygen atoms in total. The average Bonchev–Trinajstić information content (AvgIpc) is 2.13. The second kappa shape index (κ2) is 7.59. The maximum absolute atomic E-state index is 9.38. The van der Waals surface area contributed by atoms with Crippen molar-refractivity contribution in [2.45, 2.75) is 26.2 Å². The van der Waals surface area contributed by atoms with E-state index in [2.05, 4.69) is 13.2 Å². The molecule has 0 rings (SSSR count). The molecule has 0 aromatic rings.